The first-order chi connectivity index (χ1) is 15.1. The summed E-state index contributed by atoms with van der Waals surface area (Å²) in [6.07, 6.45) is 5.50. The molecule has 6 heteroatoms. The Morgan fingerprint density at radius 1 is 1.00 bits per heavy atom. The van der Waals surface area contributed by atoms with Gasteiger partial charge < -0.3 is 9.73 Å². The first kappa shape index (κ1) is 19.1. The van der Waals surface area contributed by atoms with Gasteiger partial charge in [0.25, 0.3) is 0 Å². The highest BCUT2D eigenvalue weighted by atomic mass is 16.3. The molecule has 0 bridgehead atoms. The van der Waals surface area contributed by atoms with Gasteiger partial charge in [0.05, 0.1) is 23.7 Å². The predicted molar refractivity (Wildman–Crippen MR) is 122 cm³/mol. The molecule has 5 aromatic rings. The first-order valence-electron chi connectivity index (χ1n) is 10.3. The fourth-order valence-corrected chi connectivity index (χ4v) is 3.77. The molecule has 0 aliphatic heterocycles. The largest absolute Gasteiger partial charge is 0.464 e. The number of furan rings is 1. The van der Waals surface area contributed by atoms with E-state index in [2.05, 4.69) is 45.5 Å². The van der Waals surface area contributed by atoms with E-state index in [-0.39, 0.29) is 6.04 Å². The van der Waals surface area contributed by atoms with Crippen LogP contribution in [0.4, 0.5) is 5.82 Å². The fraction of sp³-hybridized carbons (Fsp3) is 0.160. The van der Waals surface area contributed by atoms with Crippen molar-refractivity contribution in [2.45, 2.75) is 26.8 Å². The summed E-state index contributed by atoms with van der Waals surface area (Å²) >= 11 is 0. The molecule has 6 nitrogen and oxygen atoms in total. The minimum absolute atomic E-state index is 0.0660. The number of aromatic nitrogens is 4. The van der Waals surface area contributed by atoms with E-state index in [1.165, 1.54) is 0 Å². The second kappa shape index (κ2) is 7.72. The van der Waals surface area contributed by atoms with Gasteiger partial charge in [0, 0.05) is 29.4 Å². The molecule has 0 saturated heterocycles. The summed E-state index contributed by atoms with van der Waals surface area (Å²) in [5.74, 6) is 1.52. The summed E-state index contributed by atoms with van der Waals surface area (Å²) in [5.41, 5.74) is 6.11. The van der Waals surface area contributed by atoms with E-state index in [0.29, 0.717) is 0 Å². The molecule has 2 aromatic carbocycles. The van der Waals surface area contributed by atoms with E-state index in [4.69, 9.17) is 4.42 Å². The van der Waals surface area contributed by atoms with E-state index in [1.807, 2.05) is 61.1 Å². The lowest BCUT2D eigenvalue weighted by Crippen LogP contribution is -2.10. The minimum Gasteiger partial charge on any atom is -0.464 e. The second-order valence-corrected chi connectivity index (χ2v) is 7.73. The Labute approximate surface area is 180 Å². The van der Waals surface area contributed by atoms with Crippen LogP contribution in [0.2, 0.25) is 0 Å². The number of nitrogens with zero attached hydrogens (tertiary/aromatic N) is 4. The van der Waals surface area contributed by atoms with Gasteiger partial charge in [0.2, 0.25) is 0 Å². The first-order valence-corrected chi connectivity index (χ1v) is 10.3. The van der Waals surface area contributed by atoms with Gasteiger partial charge >= 0.3 is 0 Å². The van der Waals surface area contributed by atoms with E-state index in [9.17, 15) is 0 Å². The van der Waals surface area contributed by atoms with Crippen molar-refractivity contribution in [2.75, 3.05) is 5.32 Å². The molecule has 3 heterocycles. The third-order valence-electron chi connectivity index (χ3n) is 5.40. The molecule has 31 heavy (non-hydrogen) atoms. The van der Waals surface area contributed by atoms with E-state index < -0.39 is 0 Å². The Morgan fingerprint density at radius 2 is 1.90 bits per heavy atom. The zero-order chi connectivity index (χ0) is 21.4. The standard InChI is InChI=1S/C25H23N5O/c1-16-15-31-24-9-8-20(13-22(16)24)23-14-25(29-18(3)28-23)27-17(2)19-6-4-7-21(12-19)30-11-5-10-26-30/h4-15,17H,1-3H3,(H,27,28,29)/t17-/m0/s1. The highest BCUT2D eigenvalue weighted by Crippen LogP contribution is 2.28. The molecule has 0 aliphatic carbocycles. The Morgan fingerprint density at radius 3 is 2.74 bits per heavy atom. The molecule has 3 aromatic heterocycles. The number of fused-ring (bicyclic) bond motifs is 1. The van der Waals surface area contributed by atoms with Crippen LogP contribution in [0.5, 0.6) is 0 Å². The molecule has 0 saturated carbocycles. The van der Waals surface area contributed by atoms with Gasteiger partial charge in [0.15, 0.2) is 0 Å². The molecule has 5 rings (SSSR count). The molecular formula is C25H23N5O. The van der Waals surface area contributed by atoms with Crippen LogP contribution in [0.1, 0.15) is 29.9 Å². The molecular weight excluding hydrogens is 386 g/mol. The molecule has 0 unspecified atom stereocenters. The number of anilines is 1. The number of benzene rings is 2. The van der Waals surface area contributed by atoms with Crippen LogP contribution in [-0.4, -0.2) is 19.7 Å². The van der Waals surface area contributed by atoms with Crippen molar-refractivity contribution in [2.24, 2.45) is 0 Å². The summed E-state index contributed by atoms with van der Waals surface area (Å²) in [4.78, 5) is 9.27. The molecule has 0 fully saturated rings. The van der Waals surface area contributed by atoms with Crippen LogP contribution in [0.25, 0.3) is 27.9 Å². The van der Waals surface area contributed by atoms with Crippen molar-refractivity contribution in [1.82, 2.24) is 19.7 Å². The van der Waals surface area contributed by atoms with Gasteiger partial charge in [0.1, 0.15) is 17.2 Å². The molecule has 0 aliphatic rings. The van der Waals surface area contributed by atoms with Crippen LogP contribution < -0.4 is 5.32 Å². The van der Waals surface area contributed by atoms with Crippen LogP contribution in [0.15, 0.2) is 77.7 Å². The molecule has 154 valence electrons. The monoisotopic (exact) mass is 409 g/mol. The SMILES string of the molecule is Cc1nc(N[C@@H](C)c2cccc(-n3cccn3)c2)cc(-c2ccc3occ(C)c3c2)n1. The average Bonchev–Trinajstić information content (AvgIpc) is 3.44. The highest BCUT2D eigenvalue weighted by molar-refractivity contribution is 5.85. The normalized spacial score (nSPS) is 12.2. The summed E-state index contributed by atoms with van der Waals surface area (Å²) in [6.45, 7) is 6.09. The maximum atomic E-state index is 5.57. The minimum atomic E-state index is 0.0660. The van der Waals surface area contributed by atoms with Crippen LogP contribution in [0.3, 0.4) is 0 Å². The van der Waals surface area contributed by atoms with Crippen molar-refractivity contribution in [1.29, 1.82) is 0 Å². The second-order valence-electron chi connectivity index (χ2n) is 7.73. The van der Waals surface area contributed by atoms with Crippen molar-refractivity contribution in [3.63, 3.8) is 0 Å². The summed E-state index contributed by atoms with van der Waals surface area (Å²) in [5, 5.41) is 8.95. The molecule has 1 N–H and O–H groups in total. The Bertz CT molecular complexity index is 1350. The number of hydrogen-bond donors (Lipinski definition) is 1. The number of rotatable bonds is 5. The Hall–Kier alpha value is -3.93. The highest BCUT2D eigenvalue weighted by Gasteiger charge is 2.12. The van der Waals surface area contributed by atoms with Gasteiger partial charge in [-0.2, -0.15) is 5.10 Å². The van der Waals surface area contributed by atoms with Crippen molar-refractivity contribution in [3.8, 4) is 16.9 Å². The molecule has 0 amide bonds. The summed E-state index contributed by atoms with van der Waals surface area (Å²) in [6, 6.07) is 18.5. The van der Waals surface area contributed by atoms with E-state index >= 15 is 0 Å². The van der Waals surface area contributed by atoms with Gasteiger partial charge in [-0.1, -0.05) is 12.1 Å². The maximum Gasteiger partial charge on any atom is 0.134 e. The van der Waals surface area contributed by atoms with Crippen LogP contribution in [0, 0.1) is 13.8 Å². The third kappa shape index (κ3) is 3.80. The molecule has 0 spiro atoms. The lowest BCUT2D eigenvalue weighted by Gasteiger charge is -2.17. The zero-order valence-corrected chi connectivity index (χ0v) is 17.7. The van der Waals surface area contributed by atoms with Crippen molar-refractivity contribution >= 4 is 16.8 Å². The number of aryl methyl sites for hydroxylation is 2. The van der Waals surface area contributed by atoms with Crippen molar-refractivity contribution in [3.05, 3.63) is 90.2 Å². The number of hydrogen-bond acceptors (Lipinski definition) is 5. The quantitative estimate of drug-likeness (QED) is 0.393. The molecule has 1 atom stereocenters. The fourth-order valence-electron chi connectivity index (χ4n) is 3.77. The summed E-state index contributed by atoms with van der Waals surface area (Å²) in [7, 11) is 0. The summed E-state index contributed by atoms with van der Waals surface area (Å²) < 4.78 is 7.43. The topological polar surface area (TPSA) is 68.8 Å². The average molecular weight is 409 g/mol. The zero-order valence-electron chi connectivity index (χ0n) is 17.7. The van der Waals surface area contributed by atoms with Crippen LogP contribution >= 0.6 is 0 Å². The van der Waals surface area contributed by atoms with Gasteiger partial charge in [-0.05, 0) is 68.3 Å². The Kier molecular flexibility index (Phi) is 4.75. The lowest BCUT2D eigenvalue weighted by atomic mass is 10.1. The van der Waals surface area contributed by atoms with Gasteiger partial charge in [-0.25, -0.2) is 14.6 Å². The molecule has 0 radical (unpaired) electrons. The van der Waals surface area contributed by atoms with Crippen molar-refractivity contribution < 1.29 is 4.42 Å². The lowest BCUT2D eigenvalue weighted by molar-refractivity contribution is 0.613. The third-order valence-corrected chi connectivity index (χ3v) is 5.40. The smallest absolute Gasteiger partial charge is 0.134 e. The Balaban J connectivity index is 1.44. The van der Waals surface area contributed by atoms with Gasteiger partial charge in [-0.15, -0.1) is 0 Å². The predicted octanol–water partition coefficient (Wildman–Crippen LogP) is 5.87. The number of nitrogens with one attached hydrogen (secondary N) is 1. The van der Waals surface area contributed by atoms with Gasteiger partial charge in [-0.3, -0.25) is 0 Å². The van der Waals surface area contributed by atoms with E-state index in [1.54, 1.807) is 12.5 Å². The maximum absolute atomic E-state index is 5.57. The van der Waals surface area contributed by atoms with E-state index in [0.717, 1.165) is 50.7 Å². The van der Waals surface area contributed by atoms with Crippen LogP contribution in [-0.2, 0) is 0 Å².